The summed E-state index contributed by atoms with van der Waals surface area (Å²) in [4.78, 5) is 2.65. The molecular weight excluding hydrogens is 186 g/mol. The predicted molar refractivity (Wildman–Crippen MR) is 60.9 cm³/mol. The van der Waals surface area contributed by atoms with Gasteiger partial charge in [-0.1, -0.05) is 12.8 Å². The van der Waals surface area contributed by atoms with Crippen molar-refractivity contribution in [1.29, 1.82) is 0 Å². The predicted octanol–water partition coefficient (Wildman–Crippen LogP) is 1.59. The van der Waals surface area contributed by atoms with Crippen molar-refractivity contribution in [2.45, 2.75) is 50.9 Å². The van der Waals surface area contributed by atoms with Crippen molar-refractivity contribution in [1.82, 2.24) is 15.5 Å². The molecule has 3 heteroatoms. The van der Waals surface area contributed by atoms with Crippen LogP contribution in [-0.2, 0) is 0 Å². The average Bonchev–Trinajstić information content (AvgIpc) is 2.82. The Morgan fingerprint density at radius 1 is 0.933 bits per heavy atom. The first-order valence-corrected chi connectivity index (χ1v) is 6.38. The van der Waals surface area contributed by atoms with Crippen LogP contribution in [0.1, 0.15) is 38.5 Å². The first-order valence-electron chi connectivity index (χ1n) is 6.38. The summed E-state index contributed by atoms with van der Waals surface area (Å²) in [5, 5.41) is 6.79. The molecule has 2 fully saturated rings. The maximum atomic E-state index is 3.39. The fraction of sp³-hybridized carbons (Fsp3) is 0.833. The van der Waals surface area contributed by atoms with E-state index < -0.39 is 0 Å². The highest BCUT2D eigenvalue weighted by molar-refractivity contribution is 4.96. The van der Waals surface area contributed by atoms with Gasteiger partial charge in [-0.15, -0.1) is 0 Å². The number of rotatable bonds is 1. The molecule has 0 amide bonds. The smallest absolute Gasteiger partial charge is 0.155 e. The van der Waals surface area contributed by atoms with Crippen LogP contribution >= 0.6 is 0 Å². The van der Waals surface area contributed by atoms with E-state index >= 15 is 0 Å². The lowest BCUT2D eigenvalue weighted by atomic mass is 9.78. The standard InChI is InChI=1S/C12H21N3/c1-2-6-11-10(4-1)5-3-9-15(11)12-13-7-8-14-12/h7-8,10-14H,1-6,9H2. The summed E-state index contributed by atoms with van der Waals surface area (Å²) in [6, 6.07) is 0.831. The van der Waals surface area contributed by atoms with E-state index in [1.807, 2.05) is 12.4 Å². The Bertz CT molecular complexity index is 241. The summed E-state index contributed by atoms with van der Waals surface area (Å²) in [6.45, 7) is 1.26. The van der Waals surface area contributed by atoms with E-state index in [0.29, 0.717) is 6.29 Å². The number of nitrogens with zero attached hydrogens (tertiary/aromatic N) is 1. The van der Waals surface area contributed by atoms with Crippen LogP contribution < -0.4 is 10.6 Å². The Morgan fingerprint density at radius 3 is 2.53 bits per heavy atom. The zero-order chi connectivity index (χ0) is 10.1. The molecule has 0 aromatic carbocycles. The minimum atomic E-state index is 0.371. The highest BCUT2D eigenvalue weighted by atomic mass is 15.4. The summed E-state index contributed by atoms with van der Waals surface area (Å²) in [5.41, 5.74) is 0. The van der Waals surface area contributed by atoms with Crippen molar-refractivity contribution in [3.8, 4) is 0 Å². The third-order valence-electron chi connectivity index (χ3n) is 4.21. The number of nitrogens with one attached hydrogen (secondary N) is 2. The van der Waals surface area contributed by atoms with Crippen LogP contribution in [0.4, 0.5) is 0 Å². The minimum absolute atomic E-state index is 0.371. The first-order chi connectivity index (χ1) is 7.45. The van der Waals surface area contributed by atoms with Gasteiger partial charge < -0.3 is 10.6 Å². The van der Waals surface area contributed by atoms with Crippen LogP contribution in [0.3, 0.4) is 0 Å². The lowest BCUT2D eigenvalue weighted by Crippen LogP contribution is -2.58. The minimum Gasteiger partial charge on any atom is -0.358 e. The van der Waals surface area contributed by atoms with Crippen molar-refractivity contribution < 1.29 is 0 Å². The Kier molecular flexibility index (Phi) is 2.57. The molecule has 1 saturated carbocycles. The Labute approximate surface area is 91.9 Å². The molecule has 3 aliphatic rings. The number of piperidine rings is 1. The van der Waals surface area contributed by atoms with Crippen molar-refractivity contribution in [3.63, 3.8) is 0 Å². The van der Waals surface area contributed by atoms with Gasteiger partial charge in [-0.25, -0.2) is 0 Å². The number of hydrogen-bond donors (Lipinski definition) is 2. The SMILES string of the molecule is C1=CNC(N2CCCC3CCCCC32)N1. The van der Waals surface area contributed by atoms with Gasteiger partial charge in [0, 0.05) is 25.0 Å². The highest BCUT2D eigenvalue weighted by Crippen LogP contribution is 2.35. The van der Waals surface area contributed by atoms with Crippen LogP contribution in [-0.4, -0.2) is 23.8 Å². The van der Waals surface area contributed by atoms with Gasteiger partial charge in [0.25, 0.3) is 0 Å². The lowest BCUT2D eigenvalue weighted by molar-refractivity contribution is 0.0146. The van der Waals surface area contributed by atoms with E-state index in [-0.39, 0.29) is 0 Å². The summed E-state index contributed by atoms with van der Waals surface area (Å²) < 4.78 is 0. The molecule has 2 heterocycles. The third kappa shape index (κ3) is 1.73. The average molecular weight is 207 g/mol. The molecule has 0 radical (unpaired) electrons. The van der Waals surface area contributed by atoms with Gasteiger partial charge in [-0.2, -0.15) is 0 Å². The Morgan fingerprint density at radius 2 is 1.67 bits per heavy atom. The topological polar surface area (TPSA) is 27.3 Å². The fourth-order valence-electron chi connectivity index (χ4n) is 3.50. The zero-order valence-electron chi connectivity index (χ0n) is 9.28. The van der Waals surface area contributed by atoms with Gasteiger partial charge in [-0.3, -0.25) is 4.90 Å². The molecule has 0 aromatic rings. The van der Waals surface area contributed by atoms with Gasteiger partial charge in [0.15, 0.2) is 6.29 Å². The van der Waals surface area contributed by atoms with Crippen molar-refractivity contribution in [2.24, 2.45) is 5.92 Å². The van der Waals surface area contributed by atoms with E-state index in [9.17, 15) is 0 Å². The van der Waals surface area contributed by atoms with E-state index in [0.717, 1.165) is 12.0 Å². The van der Waals surface area contributed by atoms with Gasteiger partial charge in [0.1, 0.15) is 0 Å². The van der Waals surface area contributed by atoms with E-state index in [1.165, 1.54) is 45.1 Å². The molecule has 15 heavy (non-hydrogen) atoms. The summed E-state index contributed by atoms with van der Waals surface area (Å²) in [5.74, 6) is 0.969. The molecule has 84 valence electrons. The van der Waals surface area contributed by atoms with Crippen LogP contribution in [0.25, 0.3) is 0 Å². The highest BCUT2D eigenvalue weighted by Gasteiger charge is 2.36. The number of likely N-dealkylation sites (tertiary alicyclic amines) is 1. The second-order valence-corrected chi connectivity index (χ2v) is 5.06. The van der Waals surface area contributed by atoms with Gasteiger partial charge >= 0.3 is 0 Å². The molecule has 2 N–H and O–H groups in total. The summed E-state index contributed by atoms with van der Waals surface area (Å²) in [7, 11) is 0. The molecule has 0 aromatic heterocycles. The van der Waals surface area contributed by atoms with Gasteiger partial charge in [0.05, 0.1) is 0 Å². The molecule has 1 aliphatic carbocycles. The van der Waals surface area contributed by atoms with E-state index in [4.69, 9.17) is 0 Å². The summed E-state index contributed by atoms with van der Waals surface area (Å²) in [6.07, 6.45) is 13.0. The zero-order valence-corrected chi connectivity index (χ0v) is 9.28. The van der Waals surface area contributed by atoms with Crippen LogP contribution in [0.15, 0.2) is 12.4 Å². The lowest BCUT2D eigenvalue weighted by Gasteiger charge is -2.46. The Hall–Kier alpha value is -0.700. The first kappa shape index (κ1) is 9.52. The molecule has 2 aliphatic heterocycles. The molecule has 1 saturated heterocycles. The van der Waals surface area contributed by atoms with E-state index in [1.54, 1.807) is 0 Å². The molecule has 3 rings (SSSR count). The third-order valence-corrected chi connectivity index (χ3v) is 4.21. The van der Waals surface area contributed by atoms with Gasteiger partial charge in [0.2, 0.25) is 0 Å². The van der Waals surface area contributed by atoms with Crippen molar-refractivity contribution in [2.75, 3.05) is 6.54 Å². The number of hydrogen-bond acceptors (Lipinski definition) is 3. The second-order valence-electron chi connectivity index (χ2n) is 5.06. The largest absolute Gasteiger partial charge is 0.358 e. The molecule has 3 nitrogen and oxygen atoms in total. The van der Waals surface area contributed by atoms with Crippen molar-refractivity contribution in [3.05, 3.63) is 12.4 Å². The summed E-state index contributed by atoms with van der Waals surface area (Å²) >= 11 is 0. The Balaban J connectivity index is 1.70. The monoisotopic (exact) mass is 207 g/mol. The van der Waals surface area contributed by atoms with Crippen molar-refractivity contribution >= 4 is 0 Å². The maximum absolute atomic E-state index is 3.39. The maximum Gasteiger partial charge on any atom is 0.155 e. The molecule has 2 unspecified atom stereocenters. The molecule has 0 spiro atoms. The molecular formula is C12H21N3. The van der Waals surface area contributed by atoms with Crippen LogP contribution in [0, 0.1) is 5.92 Å². The quantitative estimate of drug-likeness (QED) is 0.684. The number of fused-ring (bicyclic) bond motifs is 1. The second kappa shape index (κ2) is 4.05. The fourth-order valence-corrected chi connectivity index (χ4v) is 3.50. The normalized spacial score (nSPS) is 37.1. The van der Waals surface area contributed by atoms with Crippen LogP contribution in [0.2, 0.25) is 0 Å². The molecule has 2 atom stereocenters. The van der Waals surface area contributed by atoms with Crippen LogP contribution in [0.5, 0.6) is 0 Å². The van der Waals surface area contributed by atoms with E-state index in [2.05, 4.69) is 15.5 Å². The van der Waals surface area contributed by atoms with Gasteiger partial charge in [-0.05, 0) is 31.6 Å². The molecule has 0 bridgehead atoms.